The molecule has 6 nitrogen and oxygen atoms in total. The van der Waals surface area contributed by atoms with Crippen molar-refractivity contribution in [1.82, 2.24) is 10.2 Å². The Balaban J connectivity index is 1.95. The Kier molecular flexibility index (Phi) is 5.83. The summed E-state index contributed by atoms with van der Waals surface area (Å²) in [6.45, 7) is 6.60. The number of ether oxygens (including phenoxy) is 2. The highest BCUT2D eigenvalue weighted by molar-refractivity contribution is 7.80. The fraction of sp³-hybridized carbons (Fsp3) is 0.467. The van der Waals surface area contributed by atoms with Crippen molar-refractivity contribution in [3.63, 3.8) is 0 Å². The van der Waals surface area contributed by atoms with Crippen molar-refractivity contribution in [1.29, 1.82) is 0 Å². The Bertz CT molecular complexity index is 551. The SMILES string of the molecule is CCNC(=S)N(CC)CC(=O)Nc1ccc2c(c1)OCCO2. The summed E-state index contributed by atoms with van der Waals surface area (Å²) in [6.07, 6.45) is 0. The Hall–Kier alpha value is -2.02. The van der Waals surface area contributed by atoms with E-state index < -0.39 is 0 Å². The predicted molar refractivity (Wildman–Crippen MR) is 89.6 cm³/mol. The fourth-order valence-corrected chi connectivity index (χ4v) is 2.42. The minimum atomic E-state index is -0.126. The van der Waals surface area contributed by atoms with Crippen LogP contribution < -0.4 is 20.1 Å². The maximum Gasteiger partial charge on any atom is 0.243 e. The molecule has 7 heteroatoms. The zero-order valence-corrected chi connectivity index (χ0v) is 13.7. The van der Waals surface area contributed by atoms with Crippen molar-refractivity contribution < 1.29 is 14.3 Å². The van der Waals surface area contributed by atoms with E-state index in [1.54, 1.807) is 18.2 Å². The van der Waals surface area contributed by atoms with Gasteiger partial charge in [-0.1, -0.05) is 0 Å². The third kappa shape index (κ3) is 4.24. The van der Waals surface area contributed by atoms with Gasteiger partial charge in [0.2, 0.25) is 5.91 Å². The molecule has 0 aliphatic carbocycles. The van der Waals surface area contributed by atoms with Crippen LogP contribution in [0.4, 0.5) is 5.69 Å². The average molecular weight is 323 g/mol. The first-order valence-electron chi connectivity index (χ1n) is 7.36. The second-order valence-corrected chi connectivity index (χ2v) is 5.14. The number of carbonyl (C=O) groups excluding carboxylic acids is 1. The molecule has 1 aromatic rings. The number of benzene rings is 1. The van der Waals surface area contributed by atoms with E-state index in [0.29, 0.717) is 42.1 Å². The van der Waals surface area contributed by atoms with Gasteiger partial charge in [-0.15, -0.1) is 0 Å². The van der Waals surface area contributed by atoms with Crippen LogP contribution in [0.15, 0.2) is 18.2 Å². The molecule has 1 aromatic carbocycles. The van der Waals surface area contributed by atoms with Crippen LogP contribution in [-0.2, 0) is 4.79 Å². The molecular weight excluding hydrogens is 302 g/mol. The van der Waals surface area contributed by atoms with Crippen molar-refractivity contribution in [2.45, 2.75) is 13.8 Å². The van der Waals surface area contributed by atoms with Gasteiger partial charge in [0.25, 0.3) is 0 Å². The van der Waals surface area contributed by atoms with Gasteiger partial charge < -0.3 is 25.0 Å². The number of hydrogen-bond donors (Lipinski definition) is 2. The molecule has 1 amide bonds. The number of rotatable bonds is 5. The summed E-state index contributed by atoms with van der Waals surface area (Å²) < 4.78 is 11.0. The molecule has 0 radical (unpaired) electrons. The van der Waals surface area contributed by atoms with Crippen LogP contribution in [0.1, 0.15) is 13.8 Å². The van der Waals surface area contributed by atoms with E-state index in [4.69, 9.17) is 21.7 Å². The summed E-state index contributed by atoms with van der Waals surface area (Å²) in [7, 11) is 0. The number of hydrogen-bond acceptors (Lipinski definition) is 4. The monoisotopic (exact) mass is 323 g/mol. The van der Waals surface area contributed by atoms with Crippen LogP contribution in [0.5, 0.6) is 11.5 Å². The van der Waals surface area contributed by atoms with E-state index in [1.807, 2.05) is 18.7 Å². The number of nitrogens with zero attached hydrogens (tertiary/aromatic N) is 1. The maximum atomic E-state index is 12.1. The zero-order valence-electron chi connectivity index (χ0n) is 12.8. The Labute approximate surface area is 135 Å². The number of amides is 1. The Morgan fingerprint density at radius 3 is 2.68 bits per heavy atom. The lowest BCUT2D eigenvalue weighted by Gasteiger charge is -2.23. The van der Waals surface area contributed by atoms with E-state index in [1.165, 1.54) is 0 Å². The molecule has 0 unspecified atom stereocenters. The minimum Gasteiger partial charge on any atom is -0.486 e. The standard InChI is InChI=1S/C15H21N3O3S/c1-3-16-15(22)18(4-2)10-14(19)17-11-5-6-12-13(9-11)21-8-7-20-12/h5-6,9H,3-4,7-8,10H2,1-2H3,(H,16,22)(H,17,19). The highest BCUT2D eigenvalue weighted by Crippen LogP contribution is 2.32. The number of fused-ring (bicyclic) bond motifs is 1. The molecule has 0 fully saturated rings. The molecule has 0 bridgehead atoms. The van der Waals surface area contributed by atoms with Gasteiger partial charge in [0.1, 0.15) is 13.2 Å². The van der Waals surface area contributed by atoms with Gasteiger partial charge in [0.05, 0.1) is 6.54 Å². The Morgan fingerprint density at radius 1 is 1.27 bits per heavy atom. The highest BCUT2D eigenvalue weighted by atomic mass is 32.1. The van der Waals surface area contributed by atoms with E-state index in [9.17, 15) is 4.79 Å². The lowest BCUT2D eigenvalue weighted by atomic mass is 10.2. The zero-order chi connectivity index (χ0) is 15.9. The molecule has 1 aliphatic heterocycles. The first-order valence-corrected chi connectivity index (χ1v) is 7.77. The number of likely N-dealkylation sites (N-methyl/N-ethyl adjacent to an activating group) is 1. The largest absolute Gasteiger partial charge is 0.486 e. The molecule has 0 saturated heterocycles. The number of anilines is 1. The van der Waals surface area contributed by atoms with Gasteiger partial charge in [-0.25, -0.2) is 0 Å². The molecule has 120 valence electrons. The van der Waals surface area contributed by atoms with Crippen molar-refractivity contribution in [2.24, 2.45) is 0 Å². The number of carbonyl (C=O) groups is 1. The minimum absolute atomic E-state index is 0.126. The fourth-order valence-electron chi connectivity index (χ4n) is 2.09. The van der Waals surface area contributed by atoms with Gasteiger partial charge in [-0.2, -0.15) is 0 Å². The van der Waals surface area contributed by atoms with Gasteiger partial charge in [-0.3, -0.25) is 4.79 Å². The lowest BCUT2D eigenvalue weighted by molar-refractivity contribution is -0.116. The van der Waals surface area contributed by atoms with Crippen LogP contribution in [0.2, 0.25) is 0 Å². The molecule has 22 heavy (non-hydrogen) atoms. The summed E-state index contributed by atoms with van der Waals surface area (Å²) >= 11 is 5.24. The summed E-state index contributed by atoms with van der Waals surface area (Å²) in [5.41, 5.74) is 0.680. The molecular formula is C15H21N3O3S. The molecule has 0 aromatic heterocycles. The number of thiocarbonyl (C=S) groups is 1. The number of nitrogens with one attached hydrogen (secondary N) is 2. The van der Waals surface area contributed by atoms with E-state index >= 15 is 0 Å². The normalized spacial score (nSPS) is 12.5. The molecule has 2 N–H and O–H groups in total. The third-order valence-corrected chi connectivity index (χ3v) is 3.56. The van der Waals surface area contributed by atoms with Gasteiger partial charge in [0, 0.05) is 24.8 Å². The van der Waals surface area contributed by atoms with E-state index in [-0.39, 0.29) is 12.5 Å². The molecule has 0 saturated carbocycles. The summed E-state index contributed by atoms with van der Waals surface area (Å²) in [5, 5.41) is 6.48. The molecule has 1 aliphatic rings. The second kappa shape index (κ2) is 7.84. The average Bonchev–Trinajstić information content (AvgIpc) is 2.52. The van der Waals surface area contributed by atoms with Gasteiger partial charge in [0.15, 0.2) is 16.6 Å². The summed E-state index contributed by atoms with van der Waals surface area (Å²) in [5.74, 6) is 1.23. The quantitative estimate of drug-likeness (QED) is 0.803. The molecule has 0 spiro atoms. The van der Waals surface area contributed by atoms with Gasteiger partial charge in [-0.05, 0) is 38.2 Å². The predicted octanol–water partition coefficient (Wildman–Crippen LogP) is 1.61. The summed E-state index contributed by atoms with van der Waals surface area (Å²) in [6, 6.07) is 5.36. The first-order chi connectivity index (χ1) is 10.6. The molecule has 2 rings (SSSR count). The third-order valence-electron chi connectivity index (χ3n) is 3.16. The maximum absolute atomic E-state index is 12.1. The van der Waals surface area contributed by atoms with Crippen molar-refractivity contribution in [3.8, 4) is 11.5 Å². The topological polar surface area (TPSA) is 62.8 Å². The van der Waals surface area contributed by atoms with Crippen LogP contribution in [0.3, 0.4) is 0 Å². The Morgan fingerprint density at radius 2 is 2.00 bits per heavy atom. The smallest absolute Gasteiger partial charge is 0.243 e. The van der Waals surface area contributed by atoms with Crippen LogP contribution >= 0.6 is 12.2 Å². The van der Waals surface area contributed by atoms with Crippen molar-refractivity contribution in [2.75, 3.05) is 38.2 Å². The lowest BCUT2D eigenvalue weighted by Crippen LogP contribution is -2.43. The first kappa shape index (κ1) is 16.4. The second-order valence-electron chi connectivity index (χ2n) is 4.76. The highest BCUT2D eigenvalue weighted by Gasteiger charge is 2.15. The van der Waals surface area contributed by atoms with E-state index in [2.05, 4.69) is 10.6 Å². The van der Waals surface area contributed by atoms with E-state index in [0.717, 1.165) is 6.54 Å². The van der Waals surface area contributed by atoms with Crippen molar-refractivity contribution >= 4 is 28.9 Å². The van der Waals surface area contributed by atoms with Crippen LogP contribution in [0.25, 0.3) is 0 Å². The molecule has 0 atom stereocenters. The van der Waals surface area contributed by atoms with Gasteiger partial charge >= 0.3 is 0 Å². The van der Waals surface area contributed by atoms with Crippen LogP contribution in [-0.4, -0.2) is 48.8 Å². The molecule has 1 heterocycles. The summed E-state index contributed by atoms with van der Waals surface area (Å²) in [4.78, 5) is 14.0. The van der Waals surface area contributed by atoms with Crippen LogP contribution in [0, 0.1) is 0 Å². The van der Waals surface area contributed by atoms with Crippen molar-refractivity contribution in [3.05, 3.63) is 18.2 Å².